The quantitative estimate of drug-likeness (QED) is 0.449. The molecule has 4 heteroatoms. The third-order valence-electron chi connectivity index (χ3n) is 1.68. The first kappa shape index (κ1) is 10.2. The summed E-state index contributed by atoms with van der Waals surface area (Å²) >= 11 is 5.49. The molecule has 3 nitrogen and oxygen atoms in total. The minimum Gasteiger partial charge on any atom is -0.311 e. The highest BCUT2D eigenvalue weighted by molar-refractivity contribution is 6.18. The third-order valence-corrected chi connectivity index (χ3v) is 1.87. The Bertz CT molecular complexity index is 278. The van der Waals surface area contributed by atoms with Crippen LogP contribution < -0.4 is 5.32 Å². The van der Waals surface area contributed by atoms with Crippen LogP contribution in [0.1, 0.15) is 5.56 Å². The first-order chi connectivity index (χ1) is 6.38. The number of nitrogens with one attached hydrogen (secondary N) is 1. The molecule has 0 bridgehead atoms. The fourth-order valence-corrected chi connectivity index (χ4v) is 1.17. The highest BCUT2D eigenvalue weighted by Crippen LogP contribution is 2.17. The van der Waals surface area contributed by atoms with Gasteiger partial charge in [-0.1, -0.05) is 18.2 Å². The normalized spacial score (nSPS) is 9.92. The zero-order valence-corrected chi connectivity index (χ0v) is 7.92. The minimum atomic E-state index is 0.490. The molecule has 0 saturated carbocycles. The van der Waals surface area contributed by atoms with E-state index < -0.39 is 0 Å². The Hall–Kier alpha value is -0.930. The van der Waals surface area contributed by atoms with Gasteiger partial charge in [0.15, 0.2) is 0 Å². The standard InChI is InChI=1S/C9H11ClN2O/c10-5-6-11-7-8-3-1-2-4-9(8)12-13/h1-4,11H,5-7H2. The van der Waals surface area contributed by atoms with E-state index in [1.54, 1.807) is 12.1 Å². The van der Waals surface area contributed by atoms with Gasteiger partial charge in [0.25, 0.3) is 0 Å². The van der Waals surface area contributed by atoms with Gasteiger partial charge in [-0.3, -0.25) is 0 Å². The third kappa shape index (κ3) is 3.13. The number of halogens is 1. The second-order valence-corrected chi connectivity index (χ2v) is 2.96. The van der Waals surface area contributed by atoms with Crippen molar-refractivity contribution < 1.29 is 0 Å². The van der Waals surface area contributed by atoms with Gasteiger partial charge in [-0.25, -0.2) is 0 Å². The summed E-state index contributed by atoms with van der Waals surface area (Å²) in [5, 5.41) is 6.02. The number of rotatable bonds is 5. The molecule has 0 aromatic heterocycles. The lowest BCUT2D eigenvalue weighted by Crippen LogP contribution is -2.15. The Balaban J connectivity index is 2.59. The van der Waals surface area contributed by atoms with Gasteiger partial charge in [0.2, 0.25) is 0 Å². The number of hydrogen-bond donors (Lipinski definition) is 1. The van der Waals surface area contributed by atoms with E-state index >= 15 is 0 Å². The second kappa shape index (κ2) is 5.67. The highest BCUT2D eigenvalue weighted by atomic mass is 35.5. The minimum absolute atomic E-state index is 0.490. The van der Waals surface area contributed by atoms with Crippen molar-refractivity contribution >= 4 is 17.3 Å². The number of alkyl halides is 1. The zero-order valence-electron chi connectivity index (χ0n) is 7.16. The predicted molar refractivity (Wildman–Crippen MR) is 54.3 cm³/mol. The van der Waals surface area contributed by atoms with Crippen LogP contribution in [0, 0.1) is 4.91 Å². The molecule has 13 heavy (non-hydrogen) atoms. The monoisotopic (exact) mass is 198 g/mol. The lowest BCUT2D eigenvalue weighted by molar-refractivity contribution is 0.730. The topological polar surface area (TPSA) is 41.5 Å². The predicted octanol–water partition coefficient (Wildman–Crippen LogP) is 2.41. The molecule has 0 saturated heterocycles. The van der Waals surface area contributed by atoms with Gasteiger partial charge in [-0.05, 0) is 16.8 Å². The van der Waals surface area contributed by atoms with Crippen molar-refractivity contribution in [1.29, 1.82) is 0 Å². The van der Waals surface area contributed by atoms with Gasteiger partial charge in [-0.15, -0.1) is 16.5 Å². The molecule has 0 spiro atoms. The molecule has 0 heterocycles. The van der Waals surface area contributed by atoms with Crippen molar-refractivity contribution in [2.75, 3.05) is 12.4 Å². The van der Waals surface area contributed by atoms with E-state index in [2.05, 4.69) is 10.5 Å². The van der Waals surface area contributed by atoms with Crippen molar-refractivity contribution in [3.05, 3.63) is 34.7 Å². The van der Waals surface area contributed by atoms with E-state index in [4.69, 9.17) is 11.6 Å². The molecule has 1 N–H and O–H groups in total. The summed E-state index contributed by atoms with van der Waals surface area (Å²) in [6, 6.07) is 7.25. The smallest absolute Gasteiger partial charge is 0.112 e. The van der Waals surface area contributed by atoms with Gasteiger partial charge in [0, 0.05) is 19.0 Å². The van der Waals surface area contributed by atoms with Gasteiger partial charge in [0.1, 0.15) is 5.69 Å². The lowest BCUT2D eigenvalue weighted by Gasteiger charge is -2.03. The van der Waals surface area contributed by atoms with Gasteiger partial charge in [0.05, 0.1) is 0 Å². The molecule has 0 radical (unpaired) electrons. The first-order valence-corrected chi connectivity index (χ1v) is 4.60. The number of nitroso groups, excluding NO2 is 1. The molecule has 0 aliphatic heterocycles. The maximum Gasteiger partial charge on any atom is 0.112 e. The molecule has 1 aromatic carbocycles. The number of benzene rings is 1. The van der Waals surface area contributed by atoms with Crippen molar-refractivity contribution in [3.63, 3.8) is 0 Å². The molecule has 0 aliphatic carbocycles. The fourth-order valence-electron chi connectivity index (χ4n) is 1.04. The van der Waals surface area contributed by atoms with Crippen LogP contribution in [0.2, 0.25) is 0 Å². The molecule has 0 unspecified atom stereocenters. The van der Waals surface area contributed by atoms with Crippen molar-refractivity contribution in [3.8, 4) is 0 Å². The van der Waals surface area contributed by atoms with Crippen LogP contribution in [0.3, 0.4) is 0 Å². The van der Waals surface area contributed by atoms with Crippen LogP contribution in [-0.4, -0.2) is 12.4 Å². The molecular weight excluding hydrogens is 188 g/mol. The van der Waals surface area contributed by atoms with Crippen molar-refractivity contribution in [2.24, 2.45) is 5.18 Å². The maximum absolute atomic E-state index is 10.4. The largest absolute Gasteiger partial charge is 0.311 e. The van der Waals surface area contributed by atoms with Crippen LogP contribution in [0.5, 0.6) is 0 Å². The van der Waals surface area contributed by atoms with Crippen LogP contribution in [0.4, 0.5) is 5.69 Å². The molecule has 0 aliphatic rings. The fraction of sp³-hybridized carbons (Fsp3) is 0.333. The maximum atomic E-state index is 10.4. The van der Waals surface area contributed by atoms with Crippen LogP contribution in [0.25, 0.3) is 0 Å². The summed E-state index contributed by atoms with van der Waals surface area (Å²) in [6.45, 7) is 1.36. The Kier molecular flexibility index (Phi) is 4.43. The molecule has 0 atom stereocenters. The Morgan fingerprint density at radius 2 is 2.15 bits per heavy atom. The average Bonchev–Trinajstić information content (AvgIpc) is 2.19. The molecule has 70 valence electrons. The summed E-state index contributed by atoms with van der Waals surface area (Å²) in [5.41, 5.74) is 1.40. The van der Waals surface area contributed by atoms with E-state index in [0.717, 1.165) is 12.1 Å². The lowest BCUT2D eigenvalue weighted by atomic mass is 10.2. The van der Waals surface area contributed by atoms with Crippen LogP contribution in [0.15, 0.2) is 29.4 Å². The molecular formula is C9H11ClN2O. The summed E-state index contributed by atoms with van der Waals surface area (Å²) in [7, 11) is 0. The SMILES string of the molecule is O=Nc1ccccc1CNCCCl. The summed E-state index contributed by atoms with van der Waals surface area (Å²) < 4.78 is 0. The van der Waals surface area contributed by atoms with Gasteiger partial charge >= 0.3 is 0 Å². The molecule has 0 amide bonds. The van der Waals surface area contributed by atoms with Crippen molar-refractivity contribution in [1.82, 2.24) is 5.32 Å². The molecule has 0 fully saturated rings. The van der Waals surface area contributed by atoms with E-state index in [-0.39, 0.29) is 0 Å². The van der Waals surface area contributed by atoms with Crippen molar-refractivity contribution in [2.45, 2.75) is 6.54 Å². The molecule has 1 aromatic rings. The van der Waals surface area contributed by atoms with Crippen LogP contribution in [-0.2, 0) is 6.54 Å². The van der Waals surface area contributed by atoms with Gasteiger partial charge in [-0.2, -0.15) is 0 Å². The average molecular weight is 199 g/mol. The summed E-state index contributed by atoms with van der Waals surface area (Å²) in [6.07, 6.45) is 0. The van der Waals surface area contributed by atoms with Crippen LogP contribution >= 0.6 is 11.6 Å². The van der Waals surface area contributed by atoms with E-state index in [1.165, 1.54) is 0 Å². The van der Waals surface area contributed by atoms with E-state index in [1.807, 2.05) is 12.1 Å². The van der Waals surface area contributed by atoms with E-state index in [9.17, 15) is 4.91 Å². The summed E-state index contributed by atoms with van der Waals surface area (Å²) in [4.78, 5) is 10.4. The summed E-state index contributed by atoms with van der Waals surface area (Å²) in [5.74, 6) is 0.566. The number of nitrogens with zero attached hydrogens (tertiary/aromatic N) is 1. The Morgan fingerprint density at radius 1 is 1.38 bits per heavy atom. The zero-order chi connectivity index (χ0) is 9.52. The Labute approximate surface area is 82.1 Å². The van der Waals surface area contributed by atoms with E-state index in [0.29, 0.717) is 18.1 Å². The number of hydrogen-bond acceptors (Lipinski definition) is 3. The second-order valence-electron chi connectivity index (χ2n) is 2.59. The Morgan fingerprint density at radius 3 is 2.85 bits per heavy atom. The molecule has 1 rings (SSSR count). The van der Waals surface area contributed by atoms with Gasteiger partial charge < -0.3 is 5.32 Å². The first-order valence-electron chi connectivity index (χ1n) is 4.06. The highest BCUT2D eigenvalue weighted by Gasteiger charge is 1.99.